The molecule has 0 bridgehead atoms. The molecule has 0 heterocycles. The highest BCUT2D eigenvalue weighted by atomic mass is 16.5. The summed E-state index contributed by atoms with van der Waals surface area (Å²) in [5, 5.41) is 2.98. The second-order valence-corrected chi connectivity index (χ2v) is 6.77. The van der Waals surface area contributed by atoms with Crippen LogP contribution in [0.3, 0.4) is 0 Å². The Kier molecular flexibility index (Phi) is 7.10. The third kappa shape index (κ3) is 5.23. The van der Waals surface area contributed by atoms with E-state index in [4.69, 9.17) is 9.47 Å². The summed E-state index contributed by atoms with van der Waals surface area (Å²) in [6.45, 7) is 6.45. The molecule has 4 heteroatoms. The molecular weight excluding hydrogens is 302 g/mol. The smallest absolute Gasteiger partial charge is 0.256 e. The predicted octanol–water partition coefficient (Wildman–Crippen LogP) is 4.93. The van der Waals surface area contributed by atoms with E-state index in [-0.39, 0.29) is 5.91 Å². The second-order valence-electron chi connectivity index (χ2n) is 6.77. The molecule has 0 unspecified atom stereocenters. The van der Waals surface area contributed by atoms with Gasteiger partial charge in [-0.2, -0.15) is 0 Å². The Balaban J connectivity index is 1.94. The van der Waals surface area contributed by atoms with Gasteiger partial charge in [0.2, 0.25) is 0 Å². The van der Waals surface area contributed by atoms with Gasteiger partial charge < -0.3 is 14.8 Å². The van der Waals surface area contributed by atoms with Crippen LogP contribution < -0.4 is 10.1 Å². The molecule has 134 valence electrons. The van der Waals surface area contributed by atoms with Crippen LogP contribution in [0.1, 0.15) is 65.7 Å². The lowest BCUT2D eigenvalue weighted by atomic mass is 9.97. The number of hydrogen-bond acceptors (Lipinski definition) is 3. The molecule has 0 saturated heterocycles. The summed E-state index contributed by atoms with van der Waals surface area (Å²) in [5.74, 6) is 0.792. The Bertz CT molecular complexity index is 508. The van der Waals surface area contributed by atoms with Gasteiger partial charge in [0, 0.05) is 12.3 Å². The molecule has 4 nitrogen and oxygen atoms in total. The van der Waals surface area contributed by atoms with Crippen molar-refractivity contribution in [3.05, 3.63) is 24.3 Å². The van der Waals surface area contributed by atoms with Crippen molar-refractivity contribution in [1.82, 2.24) is 0 Å². The molecule has 1 N–H and O–H groups in total. The largest absolute Gasteiger partial charge is 0.490 e. The third-order valence-corrected chi connectivity index (χ3v) is 4.67. The molecule has 1 aliphatic rings. The maximum Gasteiger partial charge on any atom is 0.256 e. The average molecular weight is 333 g/mol. The van der Waals surface area contributed by atoms with Gasteiger partial charge in [0.25, 0.3) is 5.91 Å². The second kappa shape index (κ2) is 9.07. The number of ether oxygens (including phenoxy) is 2. The first kappa shape index (κ1) is 18.8. The van der Waals surface area contributed by atoms with Gasteiger partial charge in [0.1, 0.15) is 11.4 Å². The zero-order valence-electron chi connectivity index (χ0n) is 15.3. The molecule has 0 aliphatic heterocycles. The van der Waals surface area contributed by atoms with Crippen LogP contribution in [0.5, 0.6) is 5.75 Å². The monoisotopic (exact) mass is 333 g/mol. The number of benzene rings is 1. The summed E-state index contributed by atoms with van der Waals surface area (Å²) >= 11 is 0. The fraction of sp³-hybridized carbons (Fsp3) is 0.650. The molecule has 0 aromatic heterocycles. The Morgan fingerprint density at radius 2 is 1.88 bits per heavy atom. The summed E-state index contributed by atoms with van der Waals surface area (Å²) in [5.41, 5.74) is 0.00486. The van der Waals surface area contributed by atoms with Gasteiger partial charge in [-0.1, -0.05) is 19.8 Å². The van der Waals surface area contributed by atoms with Gasteiger partial charge in [-0.05, 0) is 70.2 Å². The molecule has 0 spiro atoms. The predicted molar refractivity (Wildman–Crippen MR) is 97.5 cm³/mol. The topological polar surface area (TPSA) is 47.6 Å². The van der Waals surface area contributed by atoms with Crippen LogP contribution in [0, 0.1) is 0 Å². The van der Waals surface area contributed by atoms with Crippen LogP contribution in [0.25, 0.3) is 0 Å². The maximum absolute atomic E-state index is 12.6. The Labute approximate surface area is 145 Å². The van der Waals surface area contributed by atoms with E-state index < -0.39 is 5.60 Å². The molecule has 24 heavy (non-hydrogen) atoms. The van der Waals surface area contributed by atoms with Crippen LogP contribution in [-0.4, -0.2) is 24.2 Å². The minimum Gasteiger partial charge on any atom is -0.490 e. The van der Waals surface area contributed by atoms with E-state index in [2.05, 4.69) is 12.2 Å². The number of carbonyl (C=O) groups excluding carboxylic acids is 1. The molecule has 1 saturated carbocycles. The highest BCUT2D eigenvalue weighted by molar-refractivity contribution is 5.97. The summed E-state index contributed by atoms with van der Waals surface area (Å²) < 4.78 is 11.7. The average Bonchev–Trinajstić information content (AvgIpc) is 3.08. The third-order valence-electron chi connectivity index (χ3n) is 4.67. The van der Waals surface area contributed by atoms with Crippen molar-refractivity contribution in [3.63, 3.8) is 0 Å². The van der Waals surface area contributed by atoms with E-state index in [1.165, 1.54) is 12.8 Å². The van der Waals surface area contributed by atoms with E-state index >= 15 is 0 Å². The molecule has 0 radical (unpaired) electrons. The van der Waals surface area contributed by atoms with Crippen LogP contribution in [-0.2, 0) is 9.53 Å². The summed E-state index contributed by atoms with van der Waals surface area (Å²) in [6.07, 6.45) is 7.89. The highest BCUT2D eigenvalue weighted by Gasteiger charge is 2.33. The number of carbonyl (C=O) groups is 1. The molecule has 1 aliphatic carbocycles. The van der Waals surface area contributed by atoms with Gasteiger partial charge in [-0.25, -0.2) is 0 Å². The van der Waals surface area contributed by atoms with E-state index in [0.29, 0.717) is 12.7 Å². The lowest BCUT2D eigenvalue weighted by Gasteiger charge is -2.28. The van der Waals surface area contributed by atoms with Gasteiger partial charge >= 0.3 is 0 Å². The molecule has 1 aromatic carbocycles. The SMILES string of the molecule is CCCC[C@](C)(OCC)C(=O)Nc1ccc(OC2CCCC2)cc1. The number of hydrogen-bond donors (Lipinski definition) is 1. The van der Waals surface area contributed by atoms with E-state index in [9.17, 15) is 4.79 Å². The summed E-state index contributed by atoms with van der Waals surface area (Å²) in [4.78, 5) is 12.6. The van der Waals surface area contributed by atoms with E-state index in [1.54, 1.807) is 0 Å². The van der Waals surface area contributed by atoms with Crippen LogP contribution in [0.4, 0.5) is 5.69 Å². The first-order valence-electron chi connectivity index (χ1n) is 9.29. The molecule has 1 amide bonds. The highest BCUT2D eigenvalue weighted by Crippen LogP contribution is 2.26. The molecule has 1 atom stereocenters. The summed E-state index contributed by atoms with van der Waals surface area (Å²) in [7, 11) is 0. The number of amides is 1. The van der Waals surface area contributed by atoms with Crippen molar-refractivity contribution in [1.29, 1.82) is 0 Å². The van der Waals surface area contributed by atoms with Gasteiger partial charge in [0.05, 0.1) is 6.10 Å². The van der Waals surface area contributed by atoms with Gasteiger partial charge in [-0.15, -0.1) is 0 Å². The van der Waals surface area contributed by atoms with E-state index in [0.717, 1.165) is 43.5 Å². The van der Waals surface area contributed by atoms with Crippen molar-refractivity contribution >= 4 is 11.6 Å². The lowest BCUT2D eigenvalue weighted by Crippen LogP contribution is -2.42. The Morgan fingerprint density at radius 1 is 1.21 bits per heavy atom. The molecular formula is C20H31NO3. The molecule has 1 aromatic rings. The van der Waals surface area contributed by atoms with Crippen molar-refractivity contribution in [2.24, 2.45) is 0 Å². The van der Waals surface area contributed by atoms with Crippen molar-refractivity contribution in [2.75, 3.05) is 11.9 Å². The number of anilines is 1. The number of unbranched alkanes of at least 4 members (excludes halogenated alkanes) is 1. The minimum atomic E-state index is -0.774. The standard InChI is InChI=1S/C20H31NO3/c1-4-6-15-20(3,23-5-2)19(22)21-16-11-13-18(14-12-16)24-17-9-7-8-10-17/h11-14,17H,4-10,15H2,1-3H3,(H,21,22)/t20-/m0/s1. The van der Waals surface area contributed by atoms with Crippen molar-refractivity contribution in [3.8, 4) is 5.75 Å². The van der Waals surface area contributed by atoms with Crippen LogP contribution in [0.2, 0.25) is 0 Å². The first-order valence-corrected chi connectivity index (χ1v) is 9.29. The van der Waals surface area contributed by atoms with Crippen LogP contribution >= 0.6 is 0 Å². The minimum absolute atomic E-state index is 0.0812. The Hall–Kier alpha value is -1.55. The molecule has 2 rings (SSSR count). The fourth-order valence-electron chi connectivity index (χ4n) is 3.16. The quantitative estimate of drug-likeness (QED) is 0.697. The maximum atomic E-state index is 12.6. The Morgan fingerprint density at radius 3 is 2.46 bits per heavy atom. The van der Waals surface area contributed by atoms with Crippen LogP contribution in [0.15, 0.2) is 24.3 Å². The summed E-state index contributed by atoms with van der Waals surface area (Å²) in [6, 6.07) is 7.65. The fourth-order valence-corrected chi connectivity index (χ4v) is 3.16. The van der Waals surface area contributed by atoms with Crippen molar-refractivity contribution in [2.45, 2.75) is 77.4 Å². The number of nitrogens with one attached hydrogen (secondary N) is 1. The molecule has 1 fully saturated rings. The lowest BCUT2D eigenvalue weighted by molar-refractivity contribution is -0.139. The first-order chi connectivity index (χ1) is 11.6. The van der Waals surface area contributed by atoms with E-state index in [1.807, 2.05) is 38.1 Å². The zero-order chi connectivity index (χ0) is 17.4. The van der Waals surface area contributed by atoms with Gasteiger partial charge in [-0.3, -0.25) is 4.79 Å². The normalized spacial score (nSPS) is 17.5. The number of rotatable bonds is 9. The zero-order valence-corrected chi connectivity index (χ0v) is 15.3. The van der Waals surface area contributed by atoms with Gasteiger partial charge in [0.15, 0.2) is 0 Å². The van der Waals surface area contributed by atoms with Crippen molar-refractivity contribution < 1.29 is 14.3 Å².